The van der Waals surface area contributed by atoms with Crippen LogP contribution >= 0.6 is 22.9 Å². The van der Waals surface area contributed by atoms with Gasteiger partial charge in [-0.1, -0.05) is 42.0 Å². The van der Waals surface area contributed by atoms with Crippen LogP contribution in [0.15, 0.2) is 30.0 Å². The lowest BCUT2D eigenvalue weighted by molar-refractivity contribution is 0.103. The van der Waals surface area contributed by atoms with E-state index in [0.717, 1.165) is 23.5 Å². The molecule has 0 amide bonds. The summed E-state index contributed by atoms with van der Waals surface area (Å²) in [4.78, 5) is 16.7. The first-order valence-electron chi connectivity index (χ1n) is 6.62. The fourth-order valence-corrected chi connectivity index (χ4v) is 3.05. The highest BCUT2D eigenvalue weighted by atomic mass is 35.5. The zero-order chi connectivity index (χ0) is 16.3. The van der Waals surface area contributed by atoms with Crippen LogP contribution in [0.2, 0.25) is 5.02 Å². The first kappa shape index (κ1) is 16.5. The highest BCUT2D eigenvalue weighted by Gasteiger charge is 2.23. The van der Waals surface area contributed by atoms with Crippen molar-refractivity contribution in [2.24, 2.45) is 0 Å². The lowest BCUT2D eigenvalue weighted by atomic mass is 10.1. The van der Waals surface area contributed by atoms with Gasteiger partial charge in [-0.2, -0.15) is 0 Å². The summed E-state index contributed by atoms with van der Waals surface area (Å²) >= 11 is 6.99. The molecule has 0 spiro atoms. The van der Waals surface area contributed by atoms with Gasteiger partial charge in [0.2, 0.25) is 5.78 Å². The van der Waals surface area contributed by atoms with Crippen LogP contribution in [0.5, 0.6) is 0 Å². The molecule has 4 nitrogen and oxygen atoms in total. The van der Waals surface area contributed by atoms with E-state index in [1.54, 1.807) is 0 Å². The lowest BCUT2D eigenvalue weighted by Gasteiger charge is -2.03. The number of rotatable bonds is 5. The average molecular weight is 340 g/mol. The van der Waals surface area contributed by atoms with Crippen molar-refractivity contribution >= 4 is 39.7 Å². The van der Waals surface area contributed by atoms with Crippen molar-refractivity contribution in [3.63, 3.8) is 0 Å². The molecule has 0 aliphatic rings. The number of nitrogen functional groups attached to an aromatic ring is 1. The number of carbonyl (C=O) groups is 1. The fourth-order valence-electron chi connectivity index (χ4n) is 1.90. The number of nitrogens with one attached hydrogen (secondary N) is 1. The Kier molecular flexibility index (Phi) is 5.15. The molecule has 0 bridgehead atoms. The van der Waals surface area contributed by atoms with Crippen molar-refractivity contribution in [1.82, 2.24) is 4.98 Å². The van der Waals surface area contributed by atoms with Crippen molar-refractivity contribution in [1.29, 1.82) is 0 Å². The van der Waals surface area contributed by atoms with Crippen molar-refractivity contribution in [3.05, 3.63) is 51.3 Å². The molecule has 0 radical (unpaired) electrons. The predicted octanol–water partition coefficient (Wildman–Crippen LogP) is 4.47. The molecule has 0 unspecified atom stereocenters. The molecule has 2 aromatic rings. The Labute approximate surface area is 136 Å². The summed E-state index contributed by atoms with van der Waals surface area (Å²) < 4.78 is 13.8. The minimum atomic E-state index is -0.679. The normalized spacial score (nSPS) is 11.5. The summed E-state index contributed by atoms with van der Waals surface area (Å²) in [7, 11) is 0. The van der Waals surface area contributed by atoms with E-state index in [-0.39, 0.29) is 21.3 Å². The second kappa shape index (κ2) is 6.89. The van der Waals surface area contributed by atoms with Gasteiger partial charge in [0, 0.05) is 5.70 Å². The Morgan fingerprint density at radius 2 is 2.27 bits per heavy atom. The van der Waals surface area contributed by atoms with Crippen LogP contribution in [-0.2, 0) is 0 Å². The maximum atomic E-state index is 13.8. The maximum Gasteiger partial charge on any atom is 0.211 e. The number of allylic oxidation sites excluding steroid dienone is 2. The first-order chi connectivity index (χ1) is 10.4. The van der Waals surface area contributed by atoms with Gasteiger partial charge in [0.15, 0.2) is 5.13 Å². The average Bonchev–Trinajstić information content (AvgIpc) is 2.79. The van der Waals surface area contributed by atoms with E-state index >= 15 is 0 Å². The Morgan fingerprint density at radius 3 is 2.91 bits per heavy atom. The number of nitrogens with zero attached hydrogens (tertiary/aromatic N) is 1. The van der Waals surface area contributed by atoms with E-state index in [1.807, 2.05) is 19.9 Å². The summed E-state index contributed by atoms with van der Waals surface area (Å²) in [5.41, 5.74) is 6.50. The number of aromatic nitrogens is 1. The number of benzene rings is 1. The molecule has 116 valence electrons. The third kappa shape index (κ3) is 3.45. The predicted molar refractivity (Wildman–Crippen MR) is 89.0 cm³/mol. The van der Waals surface area contributed by atoms with Gasteiger partial charge in [-0.25, -0.2) is 9.37 Å². The summed E-state index contributed by atoms with van der Waals surface area (Å²) in [6.45, 7) is 3.90. The number of hydrogen-bond acceptors (Lipinski definition) is 5. The van der Waals surface area contributed by atoms with E-state index in [9.17, 15) is 9.18 Å². The van der Waals surface area contributed by atoms with Gasteiger partial charge in [0.05, 0.1) is 10.6 Å². The first-order valence-corrected chi connectivity index (χ1v) is 7.82. The fraction of sp³-hybridized carbons (Fsp3) is 0.200. The van der Waals surface area contributed by atoms with Gasteiger partial charge in [-0.15, -0.1) is 0 Å². The van der Waals surface area contributed by atoms with Gasteiger partial charge >= 0.3 is 0 Å². The van der Waals surface area contributed by atoms with E-state index < -0.39 is 11.6 Å². The molecule has 0 atom stereocenters. The van der Waals surface area contributed by atoms with Crippen molar-refractivity contribution in [3.8, 4) is 0 Å². The molecule has 22 heavy (non-hydrogen) atoms. The SMILES string of the molecule is CC/C=C(\C)Nc1nc(N)c(C(=O)c2c(F)cccc2Cl)s1. The van der Waals surface area contributed by atoms with Crippen molar-refractivity contribution in [2.45, 2.75) is 20.3 Å². The van der Waals surface area contributed by atoms with Crippen LogP contribution in [0.3, 0.4) is 0 Å². The highest BCUT2D eigenvalue weighted by Crippen LogP contribution is 2.31. The number of carbonyl (C=O) groups excluding carboxylic acids is 1. The molecule has 1 aromatic heterocycles. The molecular weight excluding hydrogens is 325 g/mol. The van der Waals surface area contributed by atoms with Gasteiger partial charge in [-0.3, -0.25) is 4.79 Å². The zero-order valence-corrected chi connectivity index (χ0v) is 13.7. The van der Waals surface area contributed by atoms with Gasteiger partial charge in [0.25, 0.3) is 0 Å². The Hall–Kier alpha value is -1.92. The second-order valence-corrected chi connectivity index (χ2v) is 5.99. The highest BCUT2D eigenvalue weighted by molar-refractivity contribution is 7.18. The quantitative estimate of drug-likeness (QED) is 0.788. The van der Waals surface area contributed by atoms with Crippen LogP contribution in [0, 0.1) is 5.82 Å². The monoisotopic (exact) mass is 339 g/mol. The Balaban J connectivity index is 2.35. The smallest absolute Gasteiger partial charge is 0.211 e. The molecule has 7 heteroatoms. The minimum Gasteiger partial charge on any atom is -0.382 e. The third-order valence-electron chi connectivity index (χ3n) is 2.86. The summed E-state index contributed by atoms with van der Waals surface area (Å²) in [5.74, 6) is -1.19. The standard InChI is InChI=1S/C15H15ClFN3OS/c1-3-5-8(2)19-15-20-14(18)13(22-15)12(21)11-9(16)6-4-7-10(11)17/h4-7H,3,18H2,1-2H3,(H,19,20)/b8-5+. The Morgan fingerprint density at radius 1 is 1.55 bits per heavy atom. The van der Waals surface area contributed by atoms with E-state index in [2.05, 4.69) is 10.3 Å². The number of thiazole rings is 1. The topological polar surface area (TPSA) is 68.0 Å². The molecule has 0 saturated heterocycles. The number of halogens is 2. The van der Waals surface area contributed by atoms with Crippen LogP contribution in [0.4, 0.5) is 15.3 Å². The molecular formula is C15H15ClFN3OS. The van der Waals surface area contributed by atoms with E-state index in [4.69, 9.17) is 17.3 Å². The number of nitrogens with two attached hydrogens (primary N) is 1. The van der Waals surface area contributed by atoms with Gasteiger partial charge < -0.3 is 11.1 Å². The molecule has 0 aliphatic carbocycles. The van der Waals surface area contributed by atoms with Crippen LogP contribution in [0.1, 0.15) is 35.5 Å². The Bertz CT molecular complexity index is 722. The summed E-state index contributed by atoms with van der Waals surface area (Å²) in [6, 6.07) is 4.09. The van der Waals surface area contributed by atoms with Crippen molar-refractivity contribution in [2.75, 3.05) is 11.1 Å². The molecule has 0 aliphatic heterocycles. The van der Waals surface area contributed by atoms with E-state index in [1.165, 1.54) is 18.2 Å². The second-order valence-electron chi connectivity index (χ2n) is 4.58. The number of ketones is 1. The lowest BCUT2D eigenvalue weighted by Crippen LogP contribution is -2.06. The van der Waals surface area contributed by atoms with Crippen LogP contribution < -0.4 is 11.1 Å². The maximum absolute atomic E-state index is 13.8. The molecule has 1 heterocycles. The number of anilines is 2. The molecule has 0 fully saturated rings. The minimum absolute atomic E-state index is 0.0503. The molecule has 3 N–H and O–H groups in total. The largest absolute Gasteiger partial charge is 0.382 e. The van der Waals surface area contributed by atoms with Gasteiger partial charge in [0.1, 0.15) is 16.5 Å². The molecule has 0 saturated carbocycles. The van der Waals surface area contributed by atoms with Gasteiger partial charge in [-0.05, 0) is 25.5 Å². The summed E-state index contributed by atoms with van der Waals surface area (Å²) in [5, 5.41) is 3.58. The van der Waals surface area contributed by atoms with E-state index in [0.29, 0.717) is 5.13 Å². The number of hydrogen-bond donors (Lipinski definition) is 2. The van der Waals surface area contributed by atoms with Crippen LogP contribution in [0.25, 0.3) is 0 Å². The summed E-state index contributed by atoms with van der Waals surface area (Å²) in [6.07, 6.45) is 2.85. The zero-order valence-electron chi connectivity index (χ0n) is 12.1. The molecule has 2 rings (SSSR count). The van der Waals surface area contributed by atoms with Crippen molar-refractivity contribution < 1.29 is 9.18 Å². The third-order valence-corrected chi connectivity index (χ3v) is 4.16. The van der Waals surface area contributed by atoms with Crippen LogP contribution in [-0.4, -0.2) is 10.8 Å². The molecule has 1 aromatic carbocycles.